The minimum absolute atomic E-state index is 0.576. The molecule has 0 aromatic heterocycles. The summed E-state index contributed by atoms with van der Waals surface area (Å²) in [6.07, 6.45) is 0. The number of oxime groups is 1. The summed E-state index contributed by atoms with van der Waals surface area (Å²) in [5, 5.41) is 14.0. The molecule has 0 fully saturated rings. The lowest BCUT2D eigenvalue weighted by Gasteiger charge is -2.10. The van der Waals surface area contributed by atoms with E-state index in [9.17, 15) is 0 Å². The molecule has 0 aliphatic carbocycles. The highest BCUT2D eigenvalue weighted by molar-refractivity contribution is 6.02. The number of nitrogens with zero attached hydrogens (tertiary/aromatic N) is 1. The highest BCUT2D eigenvalue weighted by atomic mass is 16.5. The molecule has 2 aromatic carbocycles. The van der Waals surface area contributed by atoms with Gasteiger partial charge in [-0.15, -0.1) is 0 Å². The maximum absolute atomic E-state index is 8.79. The first kappa shape index (κ1) is 12.2. The topological polar surface area (TPSA) is 51.0 Å². The molecule has 0 spiro atoms. The lowest BCUT2D eigenvalue weighted by molar-refractivity contribution is 0.319. The number of rotatable bonds is 3. The van der Waals surface area contributed by atoms with Crippen LogP contribution in [-0.2, 0) is 0 Å². The zero-order chi connectivity index (χ0) is 13.1. The Morgan fingerprint density at radius 3 is 2.17 bits per heavy atom. The predicted molar refractivity (Wildman–Crippen MR) is 71.0 cm³/mol. The van der Waals surface area contributed by atoms with Crippen LogP contribution in [-0.4, -0.2) is 25.1 Å². The molecule has 2 aromatic rings. The minimum atomic E-state index is 0.576. The first-order valence-corrected chi connectivity index (χ1v) is 5.54. The van der Waals surface area contributed by atoms with Crippen molar-refractivity contribution in [1.82, 2.24) is 0 Å². The van der Waals surface area contributed by atoms with Gasteiger partial charge in [0, 0.05) is 0 Å². The molecule has 0 amide bonds. The lowest BCUT2D eigenvalue weighted by Crippen LogP contribution is -1.95. The van der Waals surface area contributed by atoms with Crippen molar-refractivity contribution in [3.8, 4) is 11.5 Å². The van der Waals surface area contributed by atoms with Crippen molar-refractivity contribution >= 4 is 16.5 Å². The molecule has 4 nitrogen and oxygen atoms in total. The molecule has 18 heavy (non-hydrogen) atoms. The highest BCUT2D eigenvalue weighted by Gasteiger charge is 2.07. The highest BCUT2D eigenvalue weighted by Crippen LogP contribution is 2.32. The van der Waals surface area contributed by atoms with Crippen molar-refractivity contribution in [2.24, 2.45) is 5.16 Å². The van der Waals surface area contributed by atoms with Crippen LogP contribution in [0, 0.1) is 0 Å². The van der Waals surface area contributed by atoms with Crippen LogP contribution in [0.2, 0.25) is 0 Å². The molecule has 1 N–H and O–H groups in total. The Hall–Kier alpha value is -2.23. The average molecular weight is 245 g/mol. The second kappa shape index (κ2) is 4.96. The summed E-state index contributed by atoms with van der Waals surface area (Å²) in [4.78, 5) is 0. The third-order valence-electron chi connectivity index (χ3n) is 2.91. The lowest BCUT2D eigenvalue weighted by atomic mass is 10.0. The molecule has 0 saturated heterocycles. The molecule has 0 aliphatic rings. The second-order valence-electron chi connectivity index (χ2n) is 3.95. The molecule has 4 heteroatoms. The van der Waals surface area contributed by atoms with Crippen LogP contribution in [0.3, 0.4) is 0 Å². The number of hydrogen-bond acceptors (Lipinski definition) is 4. The molecular formula is C14H15NO3. The number of benzene rings is 2. The Morgan fingerprint density at radius 1 is 1.00 bits per heavy atom. The third kappa shape index (κ3) is 2.09. The maximum atomic E-state index is 8.79. The molecule has 94 valence electrons. The largest absolute Gasteiger partial charge is 0.493 e. The van der Waals surface area contributed by atoms with Gasteiger partial charge in [0.2, 0.25) is 0 Å². The van der Waals surface area contributed by atoms with E-state index in [1.807, 2.05) is 30.3 Å². The van der Waals surface area contributed by atoms with E-state index < -0.39 is 0 Å². The molecule has 0 radical (unpaired) electrons. The molecule has 0 atom stereocenters. The quantitative estimate of drug-likeness (QED) is 0.513. The molecule has 0 unspecified atom stereocenters. The first-order chi connectivity index (χ1) is 8.69. The fourth-order valence-electron chi connectivity index (χ4n) is 1.86. The summed E-state index contributed by atoms with van der Waals surface area (Å²) in [5.74, 6) is 1.38. The van der Waals surface area contributed by atoms with E-state index in [1.54, 1.807) is 21.1 Å². The zero-order valence-electron chi connectivity index (χ0n) is 10.6. The Kier molecular flexibility index (Phi) is 3.37. The molecule has 2 rings (SSSR count). The Balaban J connectivity index is 2.63. The molecule has 0 bridgehead atoms. The summed E-state index contributed by atoms with van der Waals surface area (Å²) in [7, 11) is 3.22. The minimum Gasteiger partial charge on any atom is -0.493 e. The van der Waals surface area contributed by atoms with E-state index in [4.69, 9.17) is 14.7 Å². The van der Waals surface area contributed by atoms with Gasteiger partial charge in [-0.25, -0.2) is 0 Å². The molecular weight excluding hydrogens is 230 g/mol. The SMILES string of the molecule is COc1cc2ccc(C(C)=NO)cc2cc1OC. The first-order valence-electron chi connectivity index (χ1n) is 5.54. The number of ether oxygens (including phenoxy) is 2. The van der Waals surface area contributed by atoms with Crippen LogP contribution in [0.5, 0.6) is 11.5 Å². The zero-order valence-corrected chi connectivity index (χ0v) is 10.6. The van der Waals surface area contributed by atoms with Gasteiger partial charge in [0.15, 0.2) is 11.5 Å². The normalized spacial score (nSPS) is 11.6. The van der Waals surface area contributed by atoms with Crippen LogP contribution in [0.25, 0.3) is 10.8 Å². The van der Waals surface area contributed by atoms with Gasteiger partial charge in [0.05, 0.1) is 19.9 Å². The standard InChI is InChI=1S/C14H15NO3/c1-9(15-16)10-4-5-11-7-13(17-2)14(18-3)8-12(11)6-10/h4-8,16H,1-3H3. The van der Waals surface area contributed by atoms with Crippen molar-refractivity contribution < 1.29 is 14.7 Å². The van der Waals surface area contributed by atoms with Gasteiger partial charge in [-0.05, 0) is 41.5 Å². The molecule has 0 saturated carbocycles. The van der Waals surface area contributed by atoms with Gasteiger partial charge >= 0.3 is 0 Å². The number of fused-ring (bicyclic) bond motifs is 1. The van der Waals surface area contributed by atoms with Crippen molar-refractivity contribution in [3.05, 3.63) is 35.9 Å². The number of hydrogen-bond donors (Lipinski definition) is 1. The monoisotopic (exact) mass is 245 g/mol. The average Bonchev–Trinajstić information content (AvgIpc) is 2.44. The molecule has 0 heterocycles. The fraction of sp³-hybridized carbons (Fsp3) is 0.214. The summed E-state index contributed by atoms with van der Waals surface area (Å²) in [6.45, 7) is 1.75. The van der Waals surface area contributed by atoms with Crippen LogP contribution >= 0.6 is 0 Å². The van der Waals surface area contributed by atoms with E-state index in [0.29, 0.717) is 17.2 Å². The fourth-order valence-corrected chi connectivity index (χ4v) is 1.86. The van der Waals surface area contributed by atoms with Crippen LogP contribution < -0.4 is 9.47 Å². The van der Waals surface area contributed by atoms with Gasteiger partial charge in [-0.1, -0.05) is 17.3 Å². The van der Waals surface area contributed by atoms with Gasteiger partial charge in [0.25, 0.3) is 0 Å². The Labute approximate surface area is 105 Å². The van der Waals surface area contributed by atoms with Gasteiger partial charge < -0.3 is 14.7 Å². The van der Waals surface area contributed by atoms with E-state index in [1.165, 1.54) is 0 Å². The van der Waals surface area contributed by atoms with E-state index in [-0.39, 0.29) is 0 Å². The van der Waals surface area contributed by atoms with Gasteiger partial charge in [0.1, 0.15) is 0 Å². The van der Waals surface area contributed by atoms with Gasteiger partial charge in [-0.3, -0.25) is 0 Å². The third-order valence-corrected chi connectivity index (χ3v) is 2.91. The van der Waals surface area contributed by atoms with Crippen molar-refractivity contribution in [3.63, 3.8) is 0 Å². The molecule has 0 aliphatic heterocycles. The Morgan fingerprint density at radius 2 is 1.61 bits per heavy atom. The van der Waals surface area contributed by atoms with E-state index in [2.05, 4.69) is 5.16 Å². The van der Waals surface area contributed by atoms with E-state index >= 15 is 0 Å². The van der Waals surface area contributed by atoms with Crippen LogP contribution in [0.1, 0.15) is 12.5 Å². The van der Waals surface area contributed by atoms with Crippen LogP contribution in [0.4, 0.5) is 0 Å². The smallest absolute Gasteiger partial charge is 0.161 e. The summed E-state index contributed by atoms with van der Waals surface area (Å²) in [5.41, 5.74) is 1.45. The second-order valence-corrected chi connectivity index (χ2v) is 3.95. The van der Waals surface area contributed by atoms with Crippen molar-refractivity contribution in [2.45, 2.75) is 6.92 Å². The number of methoxy groups -OCH3 is 2. The van der Waals surface area contributed by atoms with Crippen molar-refractivity contribution in [2.75, 3.05) is 14.2 Å². The van der Waals surface area contributed by atoms with Crippen molar-refractivity contribution in [1.29, 1.82) is 0 Å². The maximum Gasteiger partial charge on any atom is 0.161 e. The van der Waals surface area contributed by atoms with Gasteiger partial charge in [-0.2, -0.15) is 0 Å². The van der Waals surface area contributed by atoms with Crippen LogP contribution in [0.15, 0.2) is 35.5 Å². The Bertz CT molecular complexity index is 605. The predicted octanol–water partition coefficient (Wildman–Crippen LogP) is 3.06. The summed E-state index contributed by atoms with van der Waals surface area (Å²) in [6, 6.07) is 9.64. The summed E-state index contributed by atoms with van der Waals surface area (Å²) < 4.78 is 10.5. The van der Waals surface area contributed by atoms with E-state index in [0.717, 1.165) is 16.3 Å². The summed E-state index contributed by atoms with van der Waals surface area (Å²) >= 11 is 0.